The number of carbonyl (C=O) groups is 1. The normalized spacial score (nSPS) is 18.2. The summed E-state index contributed by atoms with van der Waals surface area (Å²) in [7, 11) is 1.71. The summed E-state index contributed by atoms with van der Waals surface area (Å²) in [6, 6.07) is 11.2. The van der Waals surface area contributed by atoms with Gasteiger partial charge in [-0.3, -0.25) is 9.80 Å². The van der Waals surface area contributed by atoms with Gasteiger partial charge in [0.15, 0.2) is 0 Å². The predicted octanol–water partition coefficient (Wildman–Crippen LogP) is 6.95. The van der Waals surface area contributed by atoms with Crippen LogP contribution in [0.1, 0.15) is 30.9 Å². The van der Waals surface area contributed by atoms with Crippen molar-refractivity contribution in [2.24, 2.45) is 10.5 Å². The first-order chi connectivity index (χ1) is 15.9. The Hall–Kier alpha value is -1.71. The molecule has 1 atom stereocenters. The van der Waals surface area contributed by atoms with Gasteiger partial charge in [-0.2, -0.15) is 30.0 Å². The third-order valence-corrected chi connectivity index (χ3v) is 7.41. The Balaban J connectivity index is 1.86. The molecule has 0 radical (unpaired) electrons. The van der Waals surface area contributed by atoms with E-state index in [0.717, 1.165) is 34.8 Å². The fraction of sp³-hybridized carbons (Fsp3) is 0.417. The van der Waals surface area contributed by atoms with E-state index >= 15 is 0 Å². The second kappa shape index (κ2) is 10.9. The molecule has 184 valence electrons. The monoisotopic (exact) mass is 575 g/mol. The van der Waals surface area contributed by atoms with Crippen molar-refractivity contribution in [3.63, 3.8) is 0 Å². The Morgan fingerprint density at radius 1 is 1.26 bits per heavy atom. The first-order valence-corrected chi connectivity index (χ1v) is 13.2. The zero-order valence-electron chi connectivity index (χ0n) is 19.1. The number of alkyl halides is 3. The fourth-order valence-corrected chi connectivity index (χ4v) is 5.03. The maximum Gasteiger partial charge on any atom is 0.417 e. The van der Waals surface area contributed by atoms with E-state index in [1.807, 2.05) is 37.4 Å². The lowest BCUT2D eigenvalue weighted by Crippen LogP contribution is -2.38. The molecule has 0 aromatic heterocycles. The van der Waals surface area contributed by atoms with E-state index < -0.39 is 17.2 Å². The predicted molar refractivity (Wildman–Crippen MR) is 138 cm³/mol. The minimum Gasteiger partial charge on any atom is -0.314 e. The highest BCUT2D eigenvalue weighted by atomic mass is 79.9. The smallest absolute Gasteiger partial charge is 0.314 e. The molecule has 0 saturated carbocycles. The fourth-order valence-electron chi connectivity index (χ4n) is 4.04. The van der Waals surface area contributed by atoms with Crippen molar-refractivity contribution < 1.29 is 18.0 Å². The van der Waals surface area contributed by atoms with E-state index in [-0.39, 0.29) is 17.5 Å². The highest BCUT2D eigenvalue weighted by Gasteiger charge is 2.40. The van der Waals surface area contributed by atoms with E-state index in [0.29, 0.717) is 17.8 Å². The summed E-state index contributed by atoms with van der Waals surface area (Å²) in [5.41, 5.74) is 0.664. The number of anilines is 1. The largest absolute Gasteiger partial charge is 0.417 e. The van der Waals surface area contributed by atoms with E-state index in [2.05, 4.69) is 15.9 Å². The van der Waals surface area contributed by atoms with Gasteiger partial charge in [-0.1, -0.05) is 40.5 Å². The maximum absolute atomic E-state index is 13.2. The molecular weight excluding hydrogens is 551 g/mol. The van der Waals surface area contributed by atoms with Gasteiger partial charge in [-0.25, -0.2) is 0 Å². The van der Waals surface area contributed by atoms with Crippen LogP contribution in [0.15, 0.2) is 52.0 Å². The number of amides is 1. The first-order valence-electron chi connectivity index (χ1n) is 10.7. The summed E-state index contributed by atoms with van der Waals surface area (Å²) in [4.78, 5) is 14.5. The van der Waals surface area contributed by atoms with Crippen molar-refractivity contribution in [2.75, 3.05) is 37.0 Å². The van der Waals surface area contributed by atoms with Crippen LogP contribution in [0, 0.1) is 5.41 Å². The van der Waals surface area contributed by atoms with Crippen molar-refractivity contribution in [1.29, 1.82) is 0 Å². The van der Waals surface area contributed by atoms with Crippen molar-refractivity contribution >= 4 is 56.6 Å². The Morgan fingerprint density at radius 2 is 1.94 bits per heavy atom. The number of likely N-dealkylation sites (N-methyl/N-ethyl adjacent to an activating group) is 1. The van der Waals surface area contributed by atoms with E-state index in [1.54, 1.807) is 28.7 Å². The Labute approximate surface area is 215 Å². The molecule has 10 heteroatoms. The van der Waals surface area contributed by atoms with Crippen molar-refractivity contribution in [1.82, 2.24) is 5.01 Å². The Morgan fingerprint density at radius 3 is 2.53 bits per heavy atom. The summed E-state index contributed by atoms with van der Waals surface area (Å²) in [6.45, 7) is 2.60. The highest BCUT2D eigenvalue weighted by Crippen LogP contribution is 2.39. The van der Waals surface area contributed by atoms with Crippen molar-refractivity contribution in [3.05, 3.63) is 63.1 Å². The summed E-state index contributed by atoms with van der Waals surface area (Å²) >= 11 is 11.1. The van der Waals surface area contributed by atoms with Crippen LogP contribution in [0.2, 0.25) is 5.02 Å². The van der Waals surface area contributed by atoms with Gasteiger partial charge in [-0.15, -0.1) is 0 Å². The molecule has 1 amide bonds. The number of hydrazone groups is 1. The number of rotatable bonds is 8. The zero-order chi connectivity index (χ0) is 25.1. The van der Waals surface area contributed by atoms with E-state index in [4.69, 9.17) is 16.7 Å². The average molecular weight is 577 g/mol. The van der Waals surface area contributed by atoms with Gasteiger partial charge >= 0.3 is 6.18 Å². The molecule has 4 nitrogen and oxygen atoms in total. The summed E-state index contributed by atoms with van der Waals surface area (Å²) < 4.78 is 40.5. The van der Waals surface area contributed by atoms with Crippen LogP contribution in [0.4, 0.5) is 18.9 Å². The minimum atomic E-state index is -4.52. The lowest BCUT2D eigenvalue weighted by atomic mass is 9.78. The Kier molecular flexibility index (Phi) is 8.63. The average Bonchev–Trinajstić information content (AvgIpc) is 3.08. The first kappa shape index (κ1) is 26.9. The number of benzene rings is 2. The molecule has 1 aliphatic heterocycles. The van der Waals surface area contributed by atoms with Gasteiger partial charge in [0.2, 0.25) is 5.91 Å². The summed E-state index contributed by atoms with van der Waals surface area (Å²) in [5.74, 6) is 0.825. The van der Waals surface area contributed by atoms with Crippen molar-refractivity contribution in [3.8, 4) is 0 Å². The number of halogens is 5. The molecule has 34 heavy (non-hydrogen) atoms. The highest BCUT2D eigenvalue weighted by molar-refractivity contribution is 9.10. The number of hydrogen-bond acceptors (Lipinski definition) is 4. The number of hydrogen-bond donors (Lipinski definition) is 0. The third-order valence-electron chi connectivity index (χ3n) is 5.88. The SMILES string of the molecule is CSCCCC1(C)CN(CC(=O)N(C)c2ccc(Br)cc2)N=C1c1ccc(C(F)(F)F)c(Cl)c1. The van der Waals surface area contributed by atoms with E-state index in [9.17, 15) is 18.0 Å². The van der Waals surface area contributed by atoms with Crippen LogP contribution in [0.3, 0.4) is 0 Å². The van der Waals surface area contributed by atoms with Crippen LogP contribution >= 0.6 is 39.3 Å². The van der Waals surface area contributed by atoms with Gasteiger partial charge in [0, 0.05) is 29.2 Å². The molecule has 2 aromatic carbocycles. The second-order valence-corrected chi connectivity index (χ2v) is 10.9. The van der Waals surface area contributed by atoms with Gasteiger partial charge in [-0.05, 0) is 66.8 Å². The molecular formula is C24H26BrClF3N3OS. The van der Waals surface area contributed by atoms with Gasteiger partial charge in [0.25, 0.3) is 0 Å². The molecule has 0 N–H and O–H groups in total. The standard InChI is InChI=1S/C24H26BrClF3N3OS/c1-23(11-4-12-34-3)15-32(14-21(33)31(2)18-8-6-17(25)7-9-18)30-22(23)16-5-10-19(20(26)13-16)24(27,28)29/h5-10,13H,4,11-12,14-15H2,1-3H3. The Bertz CT molecular complexity index is 1060. The molecule has 2 aromatic rings. The molecule has 0 saturated heterocycles. The molecule has 1 heterocycles. The molecule has 0 aliphatic carbocycles. The molecule has 0 fully saturated rings. The van der Waals surface area contributed by atoms with Crippen LogP contribution in [0.25, 0.3) is 0 Å². The number of carbonyl (C=O) groups excluding carboxylic acids is 1. The van der Waals surface area contributed by atoms with Crippen molar-refractivity contribution in [2.45, 2.75) is 25.9 Å². The van der Waals surface area contributed by atoms with Crippen LogP contribution in [-0.4, -0.2) is 48.8 Å². The number of nitrogens with zero attached hydrogens (tertiary/aromatic N) is 3. The number of thioether (sulfide) groups is 1. The van der Waals surface area contributed by atoms with Gasteiger partial charge in [0.05, 0.1) is 16.3 Å². The molecule has 1 aliphatic rings. The lowest BCUT2D eigenvalue weighted by Gasteiger charge is -2.27. The van der Waals surface area contributed by atoms with Crippen LogP contribution in [0.5, 0.6) is 0 Å². The minimum absolute atomic E-state index is 0.0581. The van der Waals surface area contributed by atoms with Gasteiger partial charge in [0.1, 0.15) is 6.54 Å². The summed E-state index contributed by atoms with van der Waals surface area (Å²) in [5, 5.41) is 6.05. The topological polar surface area (TPSA) is 35.9 Å². The van der Waals surface area contributed by atoms with Gasteiger partial charge < -0.3 is 4.90 Å². The molecule has 0 bridgehead atoms. The second-order valence-electron chi connectivity index (χ2n) is 8.55. The summed E-state index contributed by atoms with van der Waals surface area (Å²) in [6.07, 6.45) is -0.778. The molecule has 0 spiro atoms. The molecule has 1 unspecified atom stereocenters. The lowest BCUT2D eigenvalue weighted by molar-refractivity contribution is -0.137. The van der Waals surface area contributed by atoms with Crippen LogP contribution < -0.4 is 4.90 Å². The van der Waals surface area contributed by atoms with Crippen LogP contribution in [-0.2, 0) is 11.0 Å². The zero-order valence-corrected chi connectivity index (χ0v) is 22.3. The maximum atomic E-state index is 13.2. The molecule has 3 rings (SSSR count). The quantitative estimate of drug-likeness (QED) is 0.319. The third kappa shape index (κ3) is 6.29. The van der Waals surface area contributed by atoms with E-state index in [1.165, 1.54) is 12.1 Å².